The summed E-state index contributed by atoms with van der Waals surface area (Å²) in [6, 6.07) is 2.40. The summed E-state index contributed by atoms with van der Waals surface area (Å²) in [5.41, 5.74) is -0.604. The summed E-state index contributed by atoms with van der Waals surface area (Å²) >= 11 is 5.08. The number of methoxy groups -OCH3 is 1. The van der Waals surface area contributed by atoms with Gasteiger partial charge in [0.25, 0.3) is 12.3 Å². The normalized spacial score (nSPS) is 13.1. The number of hydrogen-bond donors (Lipinski definition) is 2. The number of anilines is 1. The second-order valence-corrected chi connectivity index (χ2v) is 6.59. The number of aromatic amines is 1. The number of benzene rings is 1. The van der Waals surface area contributed by atoms with E-state index in [1.54, 1.807) is 0 Å². The number of H-pyrrole nitrogens is 1. The highest BCUT2D eigenvalue weighted by atomic mass is 35.5. The van der Waals surface area contributed by atoms with Crippen molar-refractivity contribution < 1.29 is 35.2 Å². The third-order valence-electron chi connectivity index (χ3n) is 3.68. The van der Waals surface area contributed by atoms with Crippen LogP contribution in [0, 0.1) is 0 Å². The molecule has 0 aliphatic carbocycles. The van der Waals surface area contributed by atoms with Gasteiger partial charge in [-0.2, -0.15) is 5.10 Å². The first-order valence-electron chi connectivity index (χ1n) is 7.27. The number of hydrogen-bond acceptors (Lipinski definition) is 4. The Balaban J connectivity index is 1.99. The average Bonchev–Trinajstić information content (AvgIpc) is 3.23. The molecule has 152 valence electrons. The molecule has 0 bridgehead atoms. The number of alkyl halides is 5. The van der Waals surface area contributed by atoms with Crippen molar-refractivity contribution in [2.45, 2.75) is 17.6 Å². The van der Waals surface area contributed by atoms with Crippen molar-refractivity contribution in [1.29, 1.82) is 0 Å². The Morgan fingerprint density at radius 1 is 1.36 bits per heavy atom. The van der Waals surface area contributed by atoms with E-state index in [4.69, 9.17) is 16.6 Å². The van der Waals surface area contributed by atoms with Crippen LogP contribution in [0.2, 0.25) is 0 Å². The second kappa shape index (κ2) is 7.47. The molecular weight excluding hydrogens is 435 g/mol. The summed E-state index contributed by atoms with van der Waals surface area (Å²) in [6.45, 7) is 0. The lowest BCUT2D eigenvalue weighted by Gasteiger charge is -2.10. The van der Waals surface area contributed by atoms with Crippen LogP contribution >= 0.6 is 11.9 Å². The molecule has 0 saturated carbocycles. The topological polar surface area (TPSA) is 81.2 Å². The quantitative estimate of drug-likeness (QED) is 0.550. The minimum atomic E-state index is -4.91. The van der Waals surface area contributed by atoms with Crippen molar-refractivity contribution in [3.8, 4) is 11.6 Å². The SMILES string of the molecule is COc1c(C(F)F)ccc2c(S(=O)Nc3cnn(C(F)(F)F)c3OCl)c[nH]c12. The van der Waals surface area contributed by atoms with E-state index in [2.05, 4.69) is 19.1 Å². The summed E-state index contributed by atoms with van der Waals surface area (Å²) in [7, 11) is -0.914. The lowest BCUT2D eigenvalue weighted by atomic mass is 10.1. The van der Waals surface area contributed by atoms with Crippen molar-refractivity contribution in [3.05, 3.63) is 30.1 Å². The van der Waals surface area contributed by atoms with Gasteiger partial charge in [0, 0.05) is 11.6 Å². The van der Waals surface area contributed by atoms with Crippen LogP contribution in [0.4, 0.5) is 27.6 Å². The van der Waals surface area contributed by atoms with Crippen LogP contribution in [0.25, 0.3) is 10.9 Å². The number of aromatic nitrogens is 3. The van der Waals surface area contributed by atoms with Gasteiger partial charge in [-0.15, -0.1) is 17.9 Å². The highest BCUT2D eigenvalue weighted by Crippen LogP contribution is 2.38. The van der Waals surface area contributed by atoms with Crippen molar-refractivity contribution in [1.82, 2.24) is 14.8 Å². The molecule has 0 radical (unpaired) electrons. The van der Waals surface area contributed by atoms with E-state index in [9.17, 15) is 26.2 Å². The first-order valence-corrected chi connectivity index (χ1v) is 8.73. The molecule has 3 aromatic rings. The largest absolute Gasteiger partial charge is 0.507 e. The fraction of sp³-hybridized carbons (Fsp3) is 0.214. The number of nitrogens with zero attached hydrogens (tertiary/aromatic N) is 2. The Hall–Kier alpha value is -2.54. The Morgan fingerprint density at radius 2 is 2.07 bits per heavy atom. The molecule has 0 aliphatic rings. The van der Waals surface area contributed by atoms with Crippen LogP contribution in [0.1, 0.15) is 12.0 Å². The van der Waals surface area contributed by atoms with E-state index in [1.165, 1.54) is 19.4 Å². The second-order valence-electron chi connectivity index (χ2n) is 5.26. The van der Waals surface area contributed by atoms with Gasteiger partial charge < -0.3 is 14.0 Å². The Labute approximate surface area is 161 Å². The molecule has 28 heavy (non-hydrogen) atoms. The molecule has 14 heteroatoms. The summed E-state index contributed by atoms with van der Waals surface area (Å²) < 4.78 is 88.3. The van der Waals surface area contributed by atoms with Crippen molar-refractivity contribution in [3.63, 3.8) is 0 Å². The van der Waals surface area contributed by atoms with Crippen LogP contribution in [0.5, 0.6) is 11.6 Å². The molecule has 1 aromatic carbocycles. The maximum absolute atomic E-state index is 13.1. The molecule has 2 aromatic heterocycles. The number of ether oxygens (including phenoxy) is 1. The van der Waals surface area contributed by atoms with Crippen LogP contribution < -0.4 is 13.7 Å². The first kappa shape index (κ1) is 20.2. The molecule has 3 rings (SSSR count). The Morgan fingerprint density at radius 3 is 2.64 bits per heavy atom. The molecule has 0 aliphatic heterocycles. The molecule has 2 N–H and O–H groups in total. The van der Waals surface area contributed by atoms with Crippen LogP contribution in [0.15, 0.2) is 29.4 Å². The van der Waals surface area contributed by atoms with Gasteiger partial charge in [0.1, 0.15) is 17.6 Å². The fourth-order valence-electron chi connectivity index (χ4n) is 2.52. The maximum Gasteiger partial charge on any atom is 0.507 e. The predicted molar refractivity (Wildman–Crippen MR) is 89.8 cm³/mol. The van der Waals surface area contributed by atoms with Gasteiger partial charge in [-0.3, -0.25) is 4.72 Å². The Bertz CT molecular complexity index is 1040. The van der Waals surface area contributed by atoms with E-state index in [0.717, 1.165) is 12.3 Å². The number of fused-ring (bicyclic) bond motifs is 1. The molecular formula is C14H10ClF5N4O3S. The van der Waals surface area contributed by atoms with Crippen molar-refractivity contribution in [2.75, 3.05) is 11.8 Å². The van der Waals surface area contributed by atoms with E-state index in [-0.39, 0.29) is 27.1 Å². The zero-order chi connectivity index (χ0) is 20.6. The van der Waals surface area contributed by atoms with Gasteiger partial charge in [0.05, 0.1) is 29.3 Å². The third kappa shape index (κ3) is 3.46. The molecule has 0 fully saturated rings. The summed E-state index contributed by atoms with van der Waals surface area (Å²) in [6.07, 6.45) is -5.73. The molecule has 1 atom stereocenters. The van der Waals surface area contributed by atoms with Gasteiger partial charge >= 0.3 is 6.30 Å². The summed E-state index contributed by atoms with van der Waals surface area (Å²) in [5, 5.41) is 3.35. The van der Waals surface area contributed by atoms with Gasteiger partial charge in [0.15, 0.2) is 16.7 Å². The van der Waals surface area contributed by atoms with Crippen LogP contribution in [-0.2, 0) is 17.3 Å². The standard InChI is InChI=1S/C14H10ClF5N4O3S/c1-26-11-7(12(16)17)3-2-6-9(5-21-10(6)11)28(25)23-8-4-22-24(13(8)27-15)14(18,19)20/h2-5,12,21,23H,1H3. The molecule has 0 spiro atoms. The number of nitrogens with one attached hydrogen (secondary N) is 2. The highest BCUT2D eigenvalue weighted by molar-refractivity contribution is 7.86. The minimum absolute atomic E-state index is 0.0781. The van der Waals surface area contributed by atoms with Gasteiger partial charge in [-0.25, -0.2) is 13.0 Å². The monoisotopic (exact) mass is 444 g/mol. The van der Waals surface area contributed by atoms with Crippen LogP contribution in [0.3, 0.4) is 0 Å². The zero-order valence-corrected chi connectivity index (χ0v) is 15.3. The van der Waals surface area contributed by atoms with Gasteiger partial charge in [0.2, 0.25) is 0 Å². The average molecular weight is 445 g/mol. The van der Waals surface area contributed by atoms with Crippen LogP contribution in [-0.4, -0.2) is 26.1 Å². The van der Waals surface area contributed by atoms with Gasteiger partial charge in [-0.05, 0) is 6.07 Å². The lowest BCUT2D eigenvalue weighted by molar-refractivity contribution is -0.213. The van der Waals surface area contributed by atoms with Gasteiger partial charge in [-0.1, -0.05) is 6.07 Å². The van der Waals surface area contributed by atoms with E-state index in [0.29, 0.717) is 0 Å². The molecule has 2 heterocycles. The highest BCUT2D eigenvalue weighted by Gasteiger charge is 2.37. The number of halogens is 6. The third-order valence-corrected chi connectivity index (χ3v) is 4.97. The maximum atomic E-state index is 13.1. The van der Waals surface area contributed by atoms with E-state index in [1.807, 2.05) is 0 Å². The molecule has 1 unspecified atom stereocenters. The first-order chi connectivity index (χ1) is 13.2. The van der Waals surface area contributed by atoms with Crippen molar-refractivity contribution >= 4 is 39.4 Å². The molecule has 0 saturated heterocycles. The number of rotatable bonds is 6. The fourth-order valence-corrected chi connectivity index (χ4v) is 3.66. The Kier molecular flexibility index (Phi) is 5.39. The molecule has 7 nitrogen and oxygen atoms in total. The molecule has 0 amide bonds. The van der Waals surface area contributed by atoms with Crippen molar-refractivity contribution in [2.24, 2.45) is 0 Å². The summed E-state index contributed by atoms with van der Waals surface area (Å²) in [5.74, 6) is -1.05. The predicted octanol–water partition coefficient (Wildman–Crippen LogP) is 4.45. The minimum Gasteiger partial charge on any atom is -0.494 e. The summed E-state index contributed by atoms with van der Waals surface area (Å²) in [4.78, 5) is 2.76. The smallest absolute Gasteiger partial charge is 0.494 e. The van der Waals surface area contributed by atoms with E-state index >= 15 is 0 Å². The van der Waals surface area contributed by atoms with E-state index < -0.39 is 40.0 Å². The lowest BCUT2D eigenvalue weighted by Crippen LogP contribution is -2.18. The zero-order valence-electron chi connectivity index (χ0n) is 13.7.